The summed E-state index contributed by atoms with van der Waals surface area (Å²) in [6, 6.07) is 8.84. The minimum absolute atomic E-state index is 0.140. The van der Waals surface area contributed by atoms with E-state index in [9.17, 15) is 13.6 Å². The maximum Gasteiger partial charge on any atom is 0.317 e. The first-order valence-corrected chi connectivity index (χ1v) is 9.44. The van der Waals surface area contributed by atoms with E-state index in [0.29, 0.717) is 6.54 Å². The summed E-state index contributed by atoms with van der Waals surface area (Å²) in [4.78, 5) is 14.7. The Morgan fingerprint density at radius 2 is 1.96 bits per heavy atom. The number of carbonyl (C=O) groups excluding carboxylic acids is 1. The number of thioether (sulfide) groups is 1. The van der Waals surface area contributed by atoms with Crippen molar-refractivity contribution in [1.29, 1.82) is 0 Å². The van der Waals surface area contributed by atoms with Crippen molar-refractivity contribution in [2.45, 2.75) is 11.4 Å². The van der Waals surface area contributed by atoms with E-state index in [0.717, 1.165) is 28.3 Å². The fraction of sp³-hybridized carbons (Fsp3) is 0.316. The van der Waals surface area contributed by atoms with Gasteiger partial charge >= 0.3 is 6.03 Å². The van der Waals surface area contributed by atoms with Crippen LogP contribution in [0.4, 0.5) is 13.6 Å². The highest BCUT2D eigenvalue weighted by Gasteiger charge is 2.11. The minimum Gasteiger partial charge on any atom is -0.496 e. The highest BCUT2D eigenvalue weighted by molar-refractivity contribution is 7.98. The number of nitrogens with zero attached hydrogens (tertiary/aromatic N) is 1. The van der Waals surface area contributed by atoms with Gasteiger partial charge in [-0.25, -0.2) is 13.6 Å². The Morgan fingerprint density at radius 3 is 2.63 bits per heavy atom. The summed E-state index contributed by atoms with van der Waals surface area (Å²) >= 11 is 1.59. The van der Waals surface area contributed by atoms with E-state index in [-0.39, 0.29) is 24.9 Å². The van der Waals surface area contributed by atoms with Crippen LogP contribution in [0.2, 0.25) is 0 Å². The van der Waals surface area contributed by atoms with Crippen LogP contribution in [0.1, 0.15) is 5.56 Å². The van der Waals surface area contributed by atoms with Gasteiger partial charge in [0.2, 0.25) is 0 Å². The van der Waals surface area contributed by atoms with Crippen molar-refractivity contribution in [1.82, 2.24) is 10.2 Å². The van der Waals surface area contributed by atoms with Crippen LogP contribution in [0, 0.1) is 11.6 Å². The Balaban J connectivity index is 1.79. The molecule has 0 aliphatic carbocycles. The molecule has 0 saturated carbocycles. The molecule has 0 atom stereocenters. The molecule has 0 spiro atoms. The topological polar surface area (TPSA) is 50.8 Å². The van der Waals surface area contributed by atoms with Gasteiger partial charge in [0.15, 0.2) is 11.6 Å². The molecule has 0 unspecified atom stereocenters. The lowest BCUT2D eigenvalue weighted by Crippen LogP contribution is -2.38. The van der Waals surface area contributed by atoms with E-state index in [1.54, 1.807) is 25.9 Å². The zero-order chi connectivity index (χ0) is 19.8. The lowest BCUT2D eigenvalue weighted by molar-refractivity contribution is 0.203. The molecule has 2 rings (SSSR count). The first-order valence-electron chi connectivity index (χ1n) is 8.22. The van der Waals surface area contributed by atoms with Crippen LogP contribution < -0.4 is 14.8 Å². The molecule has 0 saturated heterocycles. The molecular weight excluding hydrogens is 374 g/mol. The quantitative estimate of drug-likeness (QED) is 0.543. The Labute approximate surface area is 161 Å². The molecule has 0 aliphatic heterocycles. The van der Waals surface area contributed by atoms with Gasteiger partial charge in [0, 0.05) is 24.6 Å². The van der Waals surface area contributed by atoms with Crippen LogP contribution in [-0.4, -0.2) is 44.5 Å². The van der Waals surface area contributed by atoms with Gasteiger partial charge in [-0.3, -0.25) is 0 Å². The molecule has 0 bridgehead atoms. The fourth-order valence-corrected chi connectivity index (χ4v) is 2.90. The van der Waals surface area contributed by atoms with E-state index in [4.69, 9.17) is 9.47 Å². The zero-order valence-corrected chi connectivity index (χ0v) is 16.2. The van der Waals surface area contributed by atoms with Gasteiger partial charge in [-0.15, -0.1) is 11.8 Å². The number of ether oxygens (including phenoxy) is 2. The van der Waals surface area contributed by atoms with Crippen molar-refractivity contribution in [3.05, 3.63) is 53.6 Å². The van der Waals surface area contributed by atoms with Crippen LogP contribution in [-0.2, 0) is 6.54 Å². The molecule has 2 amide bonds. The van der Waals surface area contributed by atoms with E-state index >= 15 is 0 Å². The van der Waals surface area contributed by atoms with E-state index in [2.05, 4.69) is 5.32 Å². The predicted molar refractivity (Wildman–Crippen MR) is 101 cm³/mol. The molecular formula is C19H22F2N2O3S. The van der Waals surface area contributed by atoms with Gasteiger partial charge in [0.1, 0.15) is 18.1 Å². The summed E-state index contributed by atoms with van der Waals surface area (Å²) < 4.78 is 36.6. The average Bonchev–Trinajstić information content (AvgIpc) is 2.67. The van der Waals surface area contributed by atoms with Crippen molar-refractivity contribution < 1.29 is 23.0 Å². The number of hydrogen-bond acceptors (Lipinski definition) is 4. The van der Waals surface area contributed by atoms with Crippen molar-refractivity contribution in [2.24, 2.45) is 0 Å². The van der Waals surface area contributed by atoms with Gasteiger partial charge in [0.05, 0.1) is 13.7 Å². The molecule has 0 aromatic heterocycles. The summed E-state index contributed by atoms with van der Waals surface area (Å²) in [5.74, 6) is -0.926. The molecule has 5 nitrogen and oxygen atoms in total. The van der Waals surface area contributed by atoms with Gasteiger partial charge in [-0.2, -0.15) is 0 Å². The molecule has 27 heavy (non-hydrogen) atoms. The maximum absolute atomic E-state index is 13.1. The van der Waals surface area contributed by atoms with Crippen molar-refractivity contribution in [2.75, 3.05) is 33.6 Å². The standard InChI is InChI=1S/C19H22F2N2O3S/c1-23(12-13-4-7-18(27-3)17(10-13)25-2)19(24)22-8-9-26-14-5-6-15(20)16(21)11-14/h4-7,10-11H,8-9,12H2,1-3H3,(H,22,24). The van der Waals surface area contributed by atoms with Crippen molar-refractivity contribution in [3.63, 3.8) is 0 Å². The second-order valence-corrected chi connectivity index (χ2v) is 6.55. The molecule has 8 heteroatoms. The molecule has 2 aromatic carbocycles. The fourth-order valence-electron chi connectivity index (χ4n) is 2.35. The SMILES string of the molecule is COc1cc(CN(C)C(=O)NCCOc2ccc(F)c(F)c2)ccc1SC. The van der Waals surface area contributed by atoms with Crippen LogP contribution in [0.5, 0.6) is 11.5 Å². The number of carbonyl (C=O) groups is 1. The van der Waals surface area contributed by atoms with Gasteiger partial charge in [0.25, 0.3) is 0 Å². The third-order valence-electron chi connectivity index (χ3n) is 3.75. The Morgan fingerprint density at radius 1 is 1.19 bits per heavy atom. The largest absolute Gasteiger partial charge is 0.496 e. The van der Waals surface area contributed by atoms with E-state index in [1.807, 2.05) is 24.5 Å². The van der Waals surface area contributed by atoms with Gasteiger partial charge < -0.3 is 19.7 Å². The summed E-state index contributed by atoms with van der Waals surface area (Å²) in [5, 5.41) is 2.71. The van der Waals surface area contributed by atoms with Gasteiger partial charge in [-0.05, 0) is 36.1 Å². The lowest BCUT2D eigenvalue weighted by atomic mass is 10.2. The average molecular weight is 396 g/mol. The van der Waals surface area contributed by atoms with E-state index < -0.39 is 11.6 Å². The van der Waals surface area contributed by atoms with Crippen LogP contribution >= 0.6 is 11.8 Å². The van der Waals surface area contributed by atoms with Gasteiger partial charge in [-0.1, -0.05) is 6.07 Å². The highest BCUT2D eigenvalue weighted by Crippen LogP contribution is 2.28. The molecule has 0 aliphatic rings. The summed E-state index contributed by atoms with van der Waals surface area (Å²) in [5.41, 5.74) is 0.945. The second kappa shape index (κ2) is 10.0. The van der Waals surface area contributed by atoms with Crippen molar-refractivity contribution in [3.8, 4) is 11.5 Å². The minimum atomic E-state index is -0.973. The smallest absolute Gasteiger partial charge is 0.317 e. The summed E-state index contributed by atoms with van der Waals surface area (Å²) in [6.07, 6.45) is 1.97. The van der Waals surface area contributed by atoms with Crippen LogP contribution in [0.15, 0.2) is 41.3 Å². The molecule has 0 radical (unpaired) electrons. The monoisotopic (exact) mass is 396 g/mol. The number of rotatable bonds is 8. The molecule has 1 N–H and O–H groups in total. The summed E-state index contributed by atoms with van der Waals surface area (Å²) in [6.45, 7) is 0.790. The number of hydrogen-bond donors (Lipinski definition) is 1. The molecule has 0 fully saturated rings. The Hall–Kier alpha value is -2.48. The number of benzene rings is 2. The Kier molecular flexibility index (Phi) is 7.72. The number of nitrogens with one attached hydrogen (secondary N) is 1. The van der Waals surface area contributed by atoms with Crippen LogP contribution in [0.3, 0.4) is 0 Å². The molecule has 2 aromatic rings. The van der Waals surface area contributed by atoms with E-state index in [1.165, 1.54) is 11.0 Å². The van der Waals surface area contributed by atoms with Crippen molar-refractivity contribution >= 4 is 17.8 Å². The zero-order valence-electron chi connectivity index (χ0n) is 15.4. The first-order chi connectivity index (χ1) is 12.9. The van der Waals surface area contributed by atoms with Crippen LogP contribution in [0.25, 0.3) is 0 Å². The maximum atomic E-state index is 13.1. The third kappa shape index (κ3) is 6.02. The number of methoxy groups -OCH3 is 1. The first kappa shape index (κ1) is 20.8. The number of urea groups is 1. The number of amides is 2. The highest BCUT2D eigenvalue weighted by atomic mass is 32.2. The lowest BCUT2D eigenvalue weighted by Gasteiger charge is -2.19. The normalized spacial score (nSPS) is 10.4. The third-order valence-corrected chi connectivity index (χ3v) is 4.53. The Bertz CT molecular complexity index is 790. The number of halogens is 2. The molecule has 0 heterocycles. The summed E-state index contributed by atoms with van der Waals surface area (Å²) in [7, 11) is 3.29. The predicted octanol–water partition coefficient (Wildman–Crippen LogP) is 3.92. The second-order valence-electron chi connectivity index (χ2n) is 5.70. The molecule has 146 valence electrons.